The Morgan fingerprint density at radius 1 is 1.07 bits per heavy atom. The summed E-state index contributed by atoms with van der Waals surface area (Å²) in [6, 6.07) is 19.2. The van der Waals surface area contributed by atoms with Crippen molar-refractivity contribution in [1.82, 2.24) is 0 Å². The lowest BCUT2D eigenvalue weighted by atomic mass is 10.1. The quantitative estimate of drug-likeness (QED) is 0.333. The zero-order valence-electron chi connectivity index (χ0n) is 16.8. The van der Waals surface area contributed by atoms with Crippen molar-refractivity contribution in [3.05, 3.63) is 82.2 Å². The van der Waals surface area contributed by atoms with E-state index in [9.17, 15) is 0 Å². The molecule has 1 heterocycles. The third-order valence-electron chi connectivity index (χ3n) is 4.66. The topological polar surface area (TPSA) is 85.7 Å². The molecule has 0 unspecified atom stereocenters. The second-order valence-corrected chi connectivity index (χ2v) is 7.40. The van der Waals surface area contributed by atoms with Gasteiger partial charge in [-0.1, -0.05) is 65.8 Å². The molecule has 1 aliphatic heterocycles. The number of rotatable bonds is 10. The third-order valence-corrected chi connectivity index (χ3v) is 4.66. The van der Waals surface area contributed by atoms with Gasteiger partial charge in [-0.2, -0.15) is 0 Å². The molecular formula is C22H27N3O4. The van der Waals surface area contributed by atoms with E-state index in [4.69, 9.17) is 24.5 Å². The largest absolute Gasteiger partial charge is 0.376 e. The van der Waals surface area contributed by atoms with Gasteiger partial charge in [-0.25, -0.2) is 0 Å². The molecule has 2 aromatic carbocycles. The maximum absolute atomic E-state index is 9.11. The molecule has 2 aromatic rings. The minimum atomic E-state index is -0.704. The van der Waals surface area contributed by atoms with E-state index in [0.29, 0.717) is 19.8 Å². The molecule has 154 valence electrons. The first-order valence-electron chi connectivity index (χ1n) is 9.70. The van der Waals surface area contributed by atoms with Crippen LogP contribution in [-0.4, -0.2) is 37.3 Å². The number of hydrogen-bond acceptors (Lipinski definition) is 5. The van der Waals surface area contributed by atoms with Gasteiger partial charge >= 0.3 is 0 Å². The molecule has 7 nitrogen and oxygen atoms in total. The SMILES string of the molecule is CC1(C)OC[C@H]([C@H](OCc2ccccc2)[C@@H](COCc2ccccc2)N=[N+]=[N-])O1. The van der Waals surface area contributed by atoms with Gasteiger partial charge in [-0.15, -0.1) is 0 Å². The summed E-state index contributed by atoms with van der Waals surface area (Å²) in [4.78, 5) is 3.01. The van der Waals surface area contributed by atoms with Crippen LogP contribution in [0.15, 0.2) is 65.8 Å². The molecule has 0 radical (unpaired) electrons. The normalized spacial score (nSPS) is 20.0. The molecule has 1 saturated heterocycles. The molecule has 0 N–H and O–H groups in total. The Balaban J connectivity index is 1.68. The highest BCUT2D eigenvalue weighted by atomic mass is 16.7. The second-order valence-electron chi connectivity index (χ2n) is 7.40. The lowest BCUT2D eigenvalue weighted by Gasteiger charge is -2.29. The van der Waals surface area contributed by atoms with Crippen LogP contribution in [0.25, 0.3) is 10.4 Å². The van der Waals surface area contributed by atoms with E-state index in [1.54, 1.807) is 0 Å². The van der Waals surface area contributed by atoms with Crippen LogP contribution in [0.5, 0.6) is 0 Å². The lowest BCUT2D eigenvalue weighted by Crippen LogP contribution is -2.43. The van der Waals surface area contributed by atoms with Crippen LogP contribution in [0.4, 0.5) is 0 Å². The zero-order valence-corrected chi connectivity index (χ0v) is 16.8. The Kier molecular flexibility index (Phi) is 7.63. The fourth-order valence-electron chi connectivity index (χ4n) is 3.24. The number of azide groups is 1. The van der Waals surface area contributed by atoms with Crippen LogP contribution >= 0.6 is 0 Å². The van der Waals surface area contributed by atoms with E-state index in [1.165, 1.54) is 0 Å². The number of ether oxygens (including phenoxy) is 4. The second kappa shape index (κ2) is 10.4. The van der Waals surface area contributed by atoms with Crippen LogP contribution in [0.3, 0.4) is 0 Å². The molecule has 1 aliphatic rings. The first-order valence-corrected chi connectivity index (χ1v) is 9.70. The Bertz CT molecular complexity index is 794. The van der Waals surface area contributed by atoms with Gasteiger partial charge in [0.05, 0.1) is 38.6 Å². The fraction of sp³-hybridized carbons (Fsp3) is 0.455. The molecule has 1 fully saturated rings. The highest BCUT2D eigenvalue weighted by molar-refractivity contribution is 5.14. The predicted octanol–water partition coefficient (Wildman–Crippen LogP) is 4.62. The van der Waals surface area contributed by atoms with Crippen LogP contribution in [-0.2, 0) is 32.2 Å². The molecule has 0 amide bonds. The standard InChI is InChI=1S/C22H27N3O4/c1-22(2)28-16-20(29-22)21(27-14-18-11-7-4-8-12-18)19(24-25-23)15-26-13-17-9-5-3-6-10-17/h3-12,19-21H,13-16H2,1-2H3/t19-,20-,21-/m1/s1. The maximum Gasteiger partial charge on any atom is 0.163 e. The summed E-state index contributed by atoms with van der Waals surface area (Å²) in [6.45, 7) is 5.10. The molecule has 0 saturated carbocycles. The van der Waals surface area contributed by atoms with Crippen LogP contribution in [0, 0.1) is 0 Å². The Labute approximate surface area is 171 Å². The van der Waals surface area contributed by atoms with Gasteiger partial charge in [-0.3, -0.25) is 0 Å². The molecule has 0 aliphatic carbocycles. The summed E-state index contributed by atoms with van der Waals surface area (Å²) < 4.78 is 23.7. The van der Waals surface area contributed by atoms with Crippen molar-refractivity contribution in [2.75, 3.05) is 13.2 Å². The summed E-state index contributed by atoms with van der Waals surface area (Å²) in [5.74, 6) is -0.704. The van der Waals surface area contributed by atoms with Crippen molar-refractivity contribution in [3.63, 3.8) is 0 Å². The summed E-state index contributed by atoms with van der Waals surface area (Å²) >= 11 is 0. The van der Waals surface area contributed by atoms with Gasteiger partial charge in [-0.05, 0) is 30.5 Å². The summed E-state index contributed by atoms with van der Waals surface area (Å²) in [7, 11) is 0. The van der Waals surface area contributed by atoms with Crippen LogP contribution in [0.1, 0.15) is 25.0 Å². The summed E-state index contributed by atoms with van der Waals surface area (Å²) in [6.07, 6.45) is -0.854. The van der Waals surface area contributed by atoms with Crippen molar-refractivity contribution >= 4 is 0 Å². The monoisotopic (exact) mass is 397 g/mol. The van der Waals surface area contributed by atoms with E-state index >= 15 is 0 Å². The zero-order chi connectivity index (χ0) is 20.5. The molecule has 0 bridgehead atoms. The number of benzene rings is 2. The highest BCUT2D eigenvalue weighted by Gasteiger charge is 2.41. The van der Waals surface area contributed by atoms with E-state index in [1.807, 2.05) is 74.5 Å². The van der Waals surface area contributed by atoms with Gasteiger partial charge in [0.15, 0.2) is 5.79 Å². The molecule has 0 spiro atoms. The fourth-order valence-corrected chi connectivity index (χ4v) is 3.24. The highest BCUT2D eigenvalue weighted by Crippen LogP contribution is 2.28. The first kappa shape index (κ1) is 21.3. The molecular weight excluding hydrogens is 370 g/mol. The molecule has 0 aromatic heterocycles. The molecule has 3 atom stereocenters. The average Bonchev–Trinajstić information content (AvgIpc) is 3.09. The van der Waals surface area contributed by atoms with Crippen molar-refractivity contribution in [2.45, 2.75) is 51.1 Å². The van der Waals surface area contributed by atoms with Gasteiger partial charge < -0.3 is 18.9 Å². The van der Waals surface area contributed by atoms with Crippen molar-refractivity contribution in [3.8, 4) is 0 Å². The molecule has 29 heavy (non-hydrogen) atoms. The molecule has 7 heteroatoms. The Morgan fingerprint density at radius 2 is 1.69 bits per heavy atom. The maximum atomic E-state index is 9.11. The first-order chi connectivity index (χ1) is 14.1. The predicted molar refractivity (Wildman–Crippen MR) is 109 cm³/mol. The number of hydrogen-bond donors (Lipinski definition) is 0. The lowest BCUT2D eigenvalue weighted by molar-refractivity contribution is -0.162. The summed E-state index contributed by atoms with van der Waals surface area (Å²) in [5, 5.41) is 3.96. The van der Waals surface area contributed by atoms with Crippen molar-refractivity contribution in [1.29, 1.82) is 0 Å². The number of nitrogens with zero attached hydrogens (tertiary/aromatic N) is 3. The van der Waals surface area contributed by atoms with Crippen molar-refractivity contribution < 1.29 is 18.9 Å². The van der Waals surface area contributed by atoms with Crippen LogP contribution in [0.2, 0.25) is 0 Å². The third kappa shape index (κ3) is 6.56. The van der Waals surface area contributed by atoms with E-state index in [-0.39, 0.29) is 12.7 Å². The van der Waals surface area contributed by atoms with Gasteiger partial charge in [0, 0.05) is 4.91 Å². The van der Waals surface area contributed by atoms with Crippen molar-refractivity contribution in [2.24, 2.45) is 5.11 Å². The van der Waals surface area contributed by atoms with Crippen LogP contribution < -0.4 is 0 Å². The minimum absolute atomic E-state index is 0.221. The smallest absolute Gasteiger partial charge is 0.163 e. The molecule has 3 rings (SSSR count). The van der Waals surface area contributed by atoms with E-state index < -0.39 is 17.9 Å². The van der Waals surface area contributed by atoms with Gasteiger partial charge in [0.2, 0.25) is 0 Å². The summed E-state index contributed by atoms with van der Waals surface area (Å²) in [5.41, 5.74) is 11.2. The van der Waals surface area contributed by atoms with E-state index in [2.05, 4.69) is 10.0 Å². The Hall–Kier alpha value is -2.41. The van der Waals surface area contributed by atoms with Gasteiger partial charge in [0.25, 0.3) is 0 Å². The minimum Gasteiger partial charge on any atom is -0.376 e. The van der Waals surface area contributed by atoms with Gasteiger partial charge in [0.1, 0.15) is 6.10 Å². The Morgan fingerprint density at radius 3 is 2.24 bits per heavy atom. The average molecular weight is 397 g/mol. The van der Waals surface area contributed by atoms with E-state index in [0.717, 1.165) is 11.1 Å².